The highest BCUT2D eigenvalue weighted by Crippen LogP contribution is 2.18. The van der Waals surface area contributed by atoms with Crippen molar-refractivity contribution < 1.29 is 14.7 Å². The molecule has 1 fully saturated rings. The van der Waals surface area contributed by atoms with Gasteiger partial charge in [-0.2, -0.15) is 5.26 Å². The van der Waals surface area contributed by atoms with E-state index in [1.165, 1.54) is 6.20 Å². The number of nitrogens with zero attached hydrogens (tertiary/aromatic N) is 1. The molecule has 1 saturated carbocycles. The smallest absolute Gasteiger partial charge is 0.305 e. The Morgan fingerprint density at radius 2 is 2.19 bits per heavy atom. The first-order valence-corrected chi connectivity index (χ1v) is 5.00. The topological polar surface area (TPSA) is 102 Å². The van der Waals surface area contributed by atoms with E-state index in [1.54, 1.807) is 6.07 Å². The van der Waals surface area contributed by atoms with Crippen molar-refractivity contribution in [2.45, 2.75) is 25.3 Å². The van der Waals surface area contributed by atoms with Gasteiger partial charge in [0.15, 0.2) is 0 Å². The molecule has 0 spiro atoms. The van der Waals surface area contributed by atoms with Gasteiger partial charge in [0.05, 0.1) is 6.42 Å². The maximum atomic E-state index is 11.4. The normalized spacial score (nSPS) is 15.1. The van der Waals surface area contributed by atoms with E-state index in [2.05, 4.69) is 10.6 Å². The molecule has 0 aromatic carbocycles. The highest BCUT2D eigenvalue weighted by Gasteiger charge is 2.20. The number of carbonyl (C=O) groups is 2. The van der Waals surface area contributed by atoms with Gasteiger partial charge in [-0.05, 0) is 12.8 Å². The first kappa shape index (κ1) is 12.0. The molecular formula is C10H13N3O3. The molecule has 0 aromatic rings. The van der Waals surface area contributed by atoms with E-state index >= 15 is 0 Å². The number of hydrogen-bond donors (Lipinski definition) is 3. The van der Waals surface area contributed by atoms with Crippen LogP contribution in [0.5, 0.6) is 0 Å². The lowest BCUT2D eigenvalue weighted by atomic mass is 10.3. The number of carbonyl (C=O) groups excluding carboxylic acids is 1. The molecule has 0 unspecified atom stereocenters. The molecule has 0 bridgehead atoms. The number of nitriles is 1. The van der Waals surface area contributed by atoms with Gasteiger partial charge in [-0.3, -0.25) is 9.59 Å². The molecule has 1 amide bonds. The molecule has 0 saturated heterocycles. The lowest BCUT2D eigenvalue weighted by Gasteiger charge is -2.02. The van der Waals surface area contributed by atoms with E-state index in [0.29, 0.717) is 6.04 Å². The Hall–Kier alpha value is -2.03. The number of carboxylic acids is 1. The zero-order chi connectivity index (χ0) is 12.0. The molecule has 0 atom stereocenters. The molecule has 0 heterocycles. The van der Waals surface area contributed by atoms with Crippen LogP contribution in [-0.4, -0.2) is 29.6 Å². The van der Waals surface area contributed by atoms with Crippen molar-refractivity contribution in [1.82, 2.24) is 10.6 Å². The highest BCUT2D eigenvalue weighted by atomic mass is 16.4. The Balaban J connectivity index is 2.33. The van der Waals surface area contributed by atoms with Crippen LogP contribution in [0.15, 0.2) is 11.8 Å². The number of aliphatic carboxylic acids is 1. The standard InChI is InChI=1S/C10H13N3O3/c11-5-7(6-13-8-1-2-8)10(16)12-4-3-9(14)15/h6,8,13H,1-4H2,(H,12,16)(H,14,15)/b7-6-. The van der Waals surface area contributed by atoms with Crippen molar-refractivity contribution in [3.05, 3.63) is 11.8 Å². The Morgan fingerprint density at radius 1 is 1.50 bits per heavy atom. The molecule has 3 N–H and O–H groups in total. The average Bonchev–Trinajstić information content (AvgIpc) is 3.02. The van der Waals surface area contributed by atoms with Gasteiger partial charge in [0.1, 0.15) is 11.6 Å². The monoisotopic (exact) mass is 223 g/mol. The van der Waals surface area contributed by atoms with E-state index in [0.717, 1.165) is 12.8 Å². The molecule has 6 heteroatoms. The van der Waals surface area contributed by atoms with Crippen molar-refractivity contribution in [1.29, 1.82) is 5.26 Å². The number of carboxylic acid groups (broad SMARTS) is 1. The quantitative estimate of drug-likeness (QED) is 0.425. The van der Waals surface area contributed by atoms with Crippen molar-refractivity contribution in [3.8, 4) is 6.07 Å². The van der Waals surface area contributed by atoms with Crippen LogP contribution in [0.2, 0.25) is 0 Å². The average molecular weight is 223 g/mol. The van der Waals surface area contributed by atoms with Crippen LogP contribution >= 0.6 is 0 Å². The number of nitrogens with one attached hydrogen (secondary N) is 2. The zero-order valence-electron chi connectivity index (χ0n) is 8.69. The largest absolute Gasteiger partial charge is 0.481 e. The molecule has 1 aliphatic carbocycles. The highest BCUT2D eigenvalue weighted by molar-refractivity contribution is 5.97. The summed E-state index contributed by atoms with van der Waals surface area (Å²) < 4.78 is 0. The van der Waals surface area contributed by atoms with Crippen LogP contribution in [0, 0.1) is 11.3 Å². The third-order valence-electron chi connectivity index (χ3n) is 2.03. The van der Waals surface area contributed by atoms with Gasteiger partial charge >= 0.3 is 5.97 Å². The van der Waals surface area contributed by atoms with Gasteiger partial charge < -0.3 is 15.7 Å². The molecule has 86 valence electrons. The minimum atomic E-state index is -0.987. The fraction of sp³-hybridized carbons (Fsp3) is 0.500. The molecule has 1 rings (SSSR count). The van der Waals surface area contributed by atoms with Gasteiger partial charge in [0.25, 0.3) is 5.91 Å². The van der Waals surface area contributed by atoms with Crippen molar-refractivity contribution in [2.75, 3.05) is 6.54 Å². The minimum Gasteiger partial charge on any atom is -0.481 e. The second-order valence-corrected chi connectivity index (χ2v) is 3.51. The molecule has 0 aromatic heterocycles. The molecular weight excluding hydrogens is 210 g/mol. The Morgan fingerprint density at radius 3 is 2.69 bits per heavy atom. The summed E-state index contributed by atoms with van der Waals surface area (Å²) in [7, 11) is 0. The number of amides is 1. The molecule has 6 nitrogen and oxygen atoms in total. The van der Waals surface area contributed by atoms with Gasteiger partial charge in [0, 0.05) is 18.8 Å². The van der Waals surface area contributed by atoms with E-state index in [-0.39, 0.29) is 18.5 Å². The molecule has 0 aliphatic heterocycles. The predicted octanol–water partition coefficient (Wildman–Crippen LogP) is -0.263. The van der Waals surface area contributed by atoms with Crippen LogP contribution in [-0.2, 0) is 9.59 Å². The van der Waals surface area contributed by atoms with Gasteiger partial charge in [0.2, 0.25) is 0 Å². The van der Waals surface area contributed by atoms with Crippen molar-refractivity contribution >= 4 is 11.9 Å². The van der Waals surface area contributed by atoms with Crippen LogP contribution in [0.1, 0.15) is 19.3 Å². The van der Waals surface area contributed by atoms with Gasteiger partial charge in [-0.25, -0.2) is 0 Å². The number of rotatable bonds is 6. The second-order valence-electron chi connectivity index (χ2n) is 3.51. The second kappa shape index (κ2) is 5.75. The molecule has 0 radical (unpaired) electrons. The lowest BCUT2D eigenvalue weighted by molar-refractivity contribution is -0.136. The van der Waals surface area contributed by atoms with E-state index < -0.39 is 11.9 Å². The summed E-state index contributed by atoms with van der Waals surface area (Å²) in [5, 5.41) is 22.4. The Kier molecular flexibility index (Phi) is 4.33. The maximum Gasteiger partial charge on any atom is 0.305 e. The molecule has 16 heavy (non-hydrogen) atoms. The summed E-state index contributed by atoms with van der Waals surface area (Å²) in [4.78, 5) is 21.6. The van der Waals surface area contributed by atoms with E-state index in [4.69, 9.17) is 10.4 Å². The Bertz CT molecular complexity index is 353. The van der Waals surface area contributed by atoms with Crippen molar-refractivity contribution in [2.24, 2.45) is 0 Å². The maximum absolute atomic E-state index is 11.4. The predicted molar refractivity (Wildman–Crippen MR) is 55.1 cm³/mol. The molecule has 1 aliphatic rings. The summed E-state index contributed by atoms with van der Waals surface area (Å²) in [6.45, 7) is 0.0244. The van der Waals surface area contributed by atoms with Crippen LogP contribution in [0.3, 0.4) is 0 Å². The summed E-state index contributed by atoms with van der Waals surface area (Å²) in [5.41, 5.74) is -0.0303. The summed E-state index contributed by atoms with van der Waals surface area (Å²) in [6, 6.07) is 2.13. The van der Waals surface area contributed by atoms with Crippen LogP contribution < -0.4 is 10.6 Å². The van der Waals surface area contributed by atoms with E-state index in [1.807, 2.05) is 0 Å². The first-order valence-electron chi connectivity index (χ1n) is 5.00. The minimum absolute atomic E-state index is 0.0244. The third-order valence-corrected chi connectivity index (χ3v) is 2.03. The fourth-order valence-corrected chi connectivity index (χ4v) is 0.978. The van der Waals surface area contributed by atoms with Crippen LogP contribution in [0.4, 0.5) is 0 Å². The van der Waals surface area contributed by atoms with E-state index in [9.17, 15) is 9.59 Å². The first-order chi connectivity index (χ1) is 7.63. The summed E-state index contributed by atoms with van der Waals surface area (Å²) in [5.74, 6) is -1.53. The van der Waals surface area contributed by atoms with Crippen LogP contribution in [0.25, 0.3) is 0 Å². The summed E-state index contributed by atoms with van der Waals surface area (Å²) >= 11 is 0. The van der Waals surface area contributed by atoms with Gasteiger partial charge in [-0.1, -0.05) is 0 Å². The SMILES string of the molecule is N#C/C(=C/NC1CC1)C(=O)NCCC(=O)O. The zero-order valence-corrected chi connectivity index (χ0v) is 8.69. The lowest BCUT2D eigenvalue weighted by Crippen LogP contribution is -2.28. The number of hydrogen-bond acceptors (Lipinski definition) is 4. The van der Waals surface area contributed by atoms with Crippen molar-refractivity contribution in [3.63, 3.8) is 0 Å². The van der Waals surface area contributed by atoms with Gasteiger partial charge in [-0.15, -0.1) is 0 Å². The third kappa shape index (κ3) is 4.46. The fourth-order valence-electron chi connectivity index (χ4n) is 0.978. The Labute approximate surface area is 92.9 Å². The summed E-state index contributed by atoms with van der Waals surface area (Å²) in [6.07, 6.45) is 3.33.